The predicted octanol–water partition coefficient (Wildman–Crippen LogP) is 5.41. The third-order valence-corrected chi connectivity index (χ3v) is 6.09. The molecule has 4 heteroatoms. The average Bonchev–Trinajstić information content (AvgIpc) is 3.15. The summed E-state index contributed by atoms with van der Waals surface area (Å²) in [5.41, 5.74) is 10.5. The fourth-order valence-electron chi connectivity index (χ4n) is 4.16. The maximum atomic E-state index is 12.8. The van der Waals surface area contributed by atoms with Crippen LogP contribution in [-0.4, -0.2) is 42.5 Å². The van der Waals surface area contributed by atoms with Crippen molar-refractivity contribution in [1.29, 1.82) is 0 Å². The standard InChI is InChI=1S/C27H45N3O/c1-20(2)13-17-30(23-10-8-22(9-11-23)12-15-27(5,6)7)24-14-16-29(19-24)26(31)25(28)18-21(3)4/h8-11,13,21,24-25H,12,14-19,28H2,1-7H3/t24-,25?/m0/s1. The number of hydrogen-bond donors (Lipinski definition) is 1. The van der Waals surface area contributed by atoms with E-state index >= 15 is 0 Å². The lowest BCUT2D eigenvalue weighted by molar-refractivity contribution is -0.131. The van der Waals surface area contributed by atoms with Gasteiger partial charge in [0.15, 0.2) is 0 Å². The first kappa shape index (κ1) is 25.5. The first-order valence-corrected chi connectivity index (χ1v) is 12.0. The number of anilines is 1. The Hall–Kier alpha value is -1.81. The van der Waals surface area contributed by atoms with Gasteiger partial charge in [-0.05, 0) is 68.6 Å². The number of allylic oxidation sites excluding steroid dienone is 1. The van der Waals surface area contributed by atoms with Gasteiger partial charge >= 0.3 is 0 Å². The Morgan fingerprint density at radius 1 is 1.23 bits per heavy atom. The van der Waals surface area contributed by atoms with Crippen molar-refractivity contribution in [2.75, 3.05) is 24.5 Å². The smallest absolute Gasteiger partial charge is 0.239 e. The number of rotatable bonds is 9. The highest BCUT2D eigenvalue weighted by Gasteiger charge is 2.32. The third kappa shape index (κ3) is 8.33. The Kier molecular flexibility index (Phi) is 9.17. The van der Waals surface area contributed by atoms with Crippen molar-refractivity contribution in [2.45, 2.75) is 86.2 Å². The molecule has 1 aromatic carbocycles. The third-order valence-electron chi connectivity index (χ3n) is 6.09. The summed E-state index contributed by atoms with van der Waals surface area (Å²) < 4.78 is 0. The molecule has 2 atom stereocenters. The predicted molar refractivity (Wildman–Crippen MR) is 133 cm³/mol. The average molecular weight is 428 g/mol. The quantitative estimate of drug-likeness (QED) is 0.536. The second-order valence-electron chi connectivity index (χ2n) is 11.1. The van der Waals surface area contributed by atoms with Gasteiger partial charge in [-0.25, -0.2) is 0 Å². The molecule has 1 aliphatic heterocycles. The molecule has 0 aromatic heterocycles. The summed E-state index contributed by atoms with van der Waals surface area (Å²) in [5.74, 6) is 0.541. The molecule has 0 bridgehead atoms. The van der Waals surface area contributed by atoms with Crippen LogP contribution >= 0.6 is 0 Å². The Morgan fingerprint density at radius 2 is 1.87 bits per heavy atom. The molecule has 174 valence electrons. The molecule has 1 fully saturated rings. The van der Waals surface area contributed by atoms with Crippen LogP contribution in [0.3, 0.4) is 0 Å². The van der Waals surface area contributed by atoms with E-state index in [4.69, 9.17) is 5.73 Å². The van der Waals surface area contributed by atoms with Crippen molar-refractivity contribution >= 4 is 11.6 Å². The van der Waals surface area contributed by atoms with Crippen molar-refractivity contribution in [3.05, 3.63) is 41.5 Å². The Labute approximate surface area is 190 Å². The fourth-order valence-corrected chi connectivity index (χ4v) is 4.16. The molecule has 0 radical (unpaired) electrons. The molecule has 2 N–H and O–H groups in total. The number of likely N-dealkylation sites (tertiary alicyclic amines) is 1. The molecule has 1 saturated heterocycles. The van der Waals surface area contributed by atoms with Gasteiger partial charge in [-0.15, -0.1) is 0 Å². The number of carbonyl (C=O) groups is 1. The summed E-state index contributed by atoms with van der Waals surface area (Å²) in [4.78, 5) is 17.3. The minimum absolute atomic E-state index is 0.107. The van der Waals surface area contributed by atoms with E-state index in [1.54, 1.807) is 0 Å². The van der Waals surface area contributed by atoms with Gasteiger partial charge in [-0.1, -0.05) is 58.4 Å². The van der Waals surface area contributed by atoms with Gasteiger partial charge in [-0.3, -0.25) is 4.79 Å². The van der Waals surface area contributed by atoms with E-state index < -0.39 is 0 Å². The summed E-state index contributed by atoms with van der Waals surface area (Å²) in [5, 5.41) is 0. The molecule has 31 heavy (non-hydrogen) atoms. The van der Waals surface area contributed by atoms with Crippen LogP contribution in [0.4, 0.5) is 5.69 Å². The molecule has 4 nitrogen and oxygen atoms in total. The van der Waals surface area contributed by atoms with Crippen molar-refractivity contribution < 1.29 is 4.79 Å². The largest absolute Gasteiger partial charge is 0.363 e. The lowest BCUT2D eigenvalue weighted by Crippen LogP contribution is -2.45. The summed E-state index contributed by atoms with van der Waals surface area (Å²) in [7, 11) is 0. The van der Waals surface area contributed by atoms with E-state index in [0.717, 1.165) is 38.9 Å². The first-order valence-electron chi connectivity index (χ1n) is 12.0. The fraction of sp³-hybridized carbons (Fsp3) is 0.667. The number of benzene rings is 1. The summed E-state index contributed by atoms with van der Waals surface area (Å²) >= 11 is 0. The maximum Gasteiger partial charge on any atom is 0.239 e. The Bertz CT molecular complexity index is 726. The lowest BCUT2D eigenvalue weighted by Gasteiger charge is -2.31. The normalized spacial score (nSPS) is 17.7. The van der Waals surface area contributed by atoms with Crippen LogP contribution in [0.2, 0.25) is 0 Å². The van der Waals surface area contributed by atoms with Crippen molar-refractivity contribution in [2.24, 2.45) is 17.1 Å². The van der Waals surface area contributed by atoms with E-state index in [1.807, 2.05) is 4.90 Å². The number of aryl methyl sites for hydroxylation is 1. The zero-order valence-corrected chi connectivity index (χ0v) is 20.9. The molecule has 2 rings (SSSR count). The van der Waals surface area contributed by atoms with Crippen molar-refractivity contribution in [3.8, 4) is 0 Å². The van der Waals surface area contributed by atoms with Gasteiger partial charge in [0.05, 0.1) is 6.04 Å². The first-order chi connectivity index (χ1) is 14.5. The second-order valence-corrected chi connectivity index (χ2v) is 11.1. The number of carbonyl (C=O) groups excluding carboxylic acids is 1. The van der Waals surface area contributed by atoms with Crippen LogP contribution < -0.4 is 10.6 Å². The van der Waals surface area contributed by atoms with Crippen LogP contribution in [-0.2, 0) is 11.2 Å². The second kappa shape index (κ2) is 11.2. The number of amides is 1. The highest BCUT2D eigenvalue weighted by atomic mass is 16.2. The zero-order chi connectivity index (χ0) is 23.2. The molecule has 0 aliphatic carbocycles. The van der Waals surface area contributed by atoms with Crippen LogP contribution in [0.25, 0.3) is 0 Å². The highest BCUT2D eigenvalue weighted by molar-refractivity contribution is 5.82. The van der Waals surface area contributed by atoms with E-state index in [2.05, 4.69) is 83.7 Å². The molecule has 0 spiro atoms. The number of nitrogens with zero attached hydrogens (tertiary/aromatic N) is 2. The van der Waals surface area contributed by atoms with E-state index in [-0.39, 0.29) is 11.9 Å². The van der Waals surface area contributed by atoms with E-state index in [1.165, 1.54) is 23.2 Å². The molecule has 1 heterocycles. The van der Waals surface area contributed by atoms with Crippen LogP contribution in [0.5, 0.6) is 0 Å². The number of nitrogens with two attached hydrogens (primary N) is 1. The van der Waals surface area contributed by atoms with Crippen LogP contribution in [0.15, 0.2) is 35.9 Å². The molecular formula is C27H45N3O. The van der Waals surface area contributed by atoms with Gasteiger partial charge in [0, 0.05) is 31.4 Å². The summed E-state index contributed by atoms with van der Waals surface area (Å²) in [6.07, 6.45) is 6.31. The summed E-state index contributed by atoms with van der Waals surface area (Å²) in [6.45, 7) is 17.8. The van der Waals surface area contributed by atoms with Gasteiger partial charge in [-0.2, -0.15) is 0 Å². The maximum absolute atomic E-state index is 12.8. The molecule has 1 amide bonds. The Balaban J connectivity index is 2.10. The Morgan fingerprint density at radius 3 is 2.42 bits per heavy atom. The van der Waals surface area contributed by atoms with Gasteiger partial charge in [0.25, 0.3) is 0 Å². The topological polar surface area (TPSA) is 49.6 Å². The van der Waals surface area contributed by atoms with Gasteiger partial charge in [0.2, 0.25) is 5.91 Å². The minimum atomic E-state index is -0.382. The van der Waals surface area contributed by atoms with Crippen LogP contribution in [0.1, 0.15) is 73.3 Å². The van der Waals surface area contributed by atoms with Crippen molar-refractivity contribution in [1.82, 2.24) is 4.90 Å². The molecule has 0 saturated carbocycles. The van der Waals surface area contributed by atoms with E-state index in [9.17, 15) is 4.79 Å². The van der Waals surface area contributed by atoms with Gasteiger partial charge < -0.3 is 15.5 Å². The monoisotopic (exact) mass is 427 g/mol. The van der Waals surface area contributed by atoms with Gasteiger partial charge in [0.1, 0.15) is 0 Å². The number of hydrogen-bond acceptors (Lipinski definition) is 3. The molecule has 1 aliphatic rings. The van der Waals surface area contributed by atoms with Crippen LogP contribution in [0, 0.1) is 11.3 Å². The summed E-state index contributed by atoms with van der Waals surface area (Å²) in [6, 6.07) is 9.00. The minimum Gasteiger partial charge on any atom is -0.363 e. The molecular weight excluding hydrogens is 382 g/mol. The van der Waals surface area contributed by atoms with E-state index in [0.29, 0.717) is 17.4 Å². The molecule has 1 unspecified atom stereocenters. The van der Waals surface area contributed by atoms with Crippen molar-refractivity contribution in [3.63, 3.8) is 0 Å². The lowest BCUT2D eigenvalue weighted by atomic mass is 9.89. The SMILES string of the molecule is CC(C)=CCN(c1ccc(CCC(C)(C)C)cc1)[C@H]1CCN(C(=O)C(N)CC(C)C)C1. The molecule has 1 aromatic rings. The highest BCUT2D eigenvalue weighted by Crippen LogP contribution is 2.26. The zero-order valence-electron chi connectivity index (χ0n) is 20.9.